The van der Waals surface area contributed by atoms with Crippen LogP contribution in [-0.2, 0) is 0 Å². The summed E-state index contributed by atoms with van der Waals surface area (Å²) in [5, 5.41) is 7.01. The Hall–Kier alpha value is -3.35. The fourth-order valence-electron chi connectivity index (χ4n) is 2.83. The molecule has 0 radical (unpaired) electrons. The number of aromatic nitrogens is 2. The van der Waals surface area contributed by atoms with Gasteiger partial charge < -0.3 is 14.8 Å². The molecule has 28 heavy (non-hydrogen) atoms. The lowest BCUT2D eigenvalue weighted by Gasteiger charge is -2.13. The van der Waals surface area contributed by atoms with Crippen molar-refractivity contribution in [1.29, 1.82) is 0 Å². The summed E-state index contributed by atoms with van der Waals surface area (Å²) in [5.41, 5.74) is 1.65. The molecule has 3 rings (SSSR count). The molecule has 0 bridgehead atoms. The van der Waals surface area contributed by atoms with E-state index in [1.54, 1.807) is 43.3 Å². The lowest BCUT2D eigenvalue weighted by Crippen LogP contribution is -2.14. The maximum absolute atomic E-state index is 14.1. The second kappa shape index (κ2) is 8.56. The highest BCUT2D eigenvalue weighted by Gasteiger charge is 2.18. The Labute approximate surface area is 162 Å². The summed E-state index contributed by atoms with van der Waals surface area (Å²) in [6, 6.07) is 11.5. The highest BCUT2D eigenvalue weighted by molar-refractivity contribution is 6.05. The number of hydrogen-bond acceptors (Lipinski definition) is 4. The number of rotatable bonds is 7. The van der Waals surface area contributed by atoms with Crippen LogP contribution in [0.25, 0.3) is 5.69 Å². The summed E-state index contributed by atoms with van der Waals surface area (Å²) < 4.78 is 26.6. The third kappa shape index (κ3) is 3.98. The van der Waals surface area contributed by atoms with Gasteiger partial charge in [-0.2, -0.15) is 5.10 Å². The molecule has 1 heterocycles. The molecule has 0 saturated carbocycles. The quantitative estimate of drug-likeness (QED) is 0.658. The monoisotopic (exact) mass is 383 g/mol. The lowest BCUT2D eigenvalue weighted by molar-refractivity contribution is 0.102. The van der Waals surface area contributed by atoms with Gasteiger partial charge in [-0.3, -0.25) is 4.79 Å². The van der Waals surface area contributed by atoms with Crippen LogP contribution in [0.15, 0.2) is 48.7 Å². The largest absolute Gasteiger partial charge is 0.494 e. The molecular weight excluding hydrogens is 361 g/mol. The molecule has 146 valence electrons. The number of nitrogens with zero attached hydrogens (tertiary/aromatic N) is 2. The highest BCUT2D eigenvalue weighted by atomic mass is 19.1. The molecule has 1 N–H and O–H groups in total. The Bertz CT molecular complexity index is 985. The summed E-state index contributed by atoms with van der Waals surface area (Å²) in [6.45, 7) is 6.44. The van der Waals surface area contributed by atoms with Crippen molar-refractivity contribution in [3.63, 3.8) is 0 Å². The standard InChI is InChI=1S/C21H22FN3O3/c1-4-27-15-10-11-20(28-5-2)18(12-15)24-21(26)16-13-23-25(14(16)3)19-9-7-6-8-17(19)22/h6-13H,4-5H2,1-3H3,(H,24,26). The summed E-state index contributed by atoms with van der Waals surface area (Å²) in [6.07, 6.45) is 1.42. The summed E-state index contributed by atoms with van der Waals surface area (Å²) in [4.78, 5) is 12.8. The Kier molecular flexibility index (Phi) is 5.93. The van der Waals surface area contributed by atoms with Crippen LogP contribution in [0.3, 0.4) is 0 Å². The second-order valence-corrected chi connectivity index (χ2v) is 5.98. The Morgan fingerprint density at radius 3 is 2.61 bits per heavy atom. The fourth-order valence-corrected chi connectivity index (χ4v) is 2.83. The van der Waals surface area contributed by atoms with Crippen LogP contribution in [0, 0.1) is 12.7 Å². The van der Waals surface area contributed by atoms with Crippen molar-refractivity contribution in [3.05, 3.63) is 65.7 Å². The van der Waals surface area contributed by atoms with Crippen molar-refractivity contribution in [2.75, 3.05) is 18.5 Å². The van der Waals surface area contributed by atoms with Gasteiger partial charge >= 0.3 is 0 Å². The molecule has 6 nitrogen and oxygen atoms in total. The first-order chi connectivity index (χ1) is 13.5. The van der Waals surface area contributed by atoms with Gasteiger partial charge in [-0.25, -0.2) is 9.07 Å². The van der Waals surface area contributed by atoms with Crippen molar-refractivity contribution < 1.29 is 18.7 Å². The topological polar surface area (TPSA) is 65.4 Å². The van der Waals surface area contributed by atoms with Gasteiger partial charge in [0.1, 0.15) is 23.0 Å². The summed E-state index contributed by atoms with van der Waals surface area (Å²) in [5.74, 6) is 0.386. The molecule has 1 aromatic heterocycles. The zero-order valence-electron chi connectivity index (χ0n) is 16.0. The van der Waals surface area contributed by atoms with Crippen molar-refractivity contribution in [1.82, 2.24) is 9.78 Å². The van der Waals surface area contributed by atoms with E-state index >= 15 is 0 Å². The molecular formula is C21H22FN3O3. The predicted molar refractivity (Wildman–Crippen MR) is 105 cm³/mol. The van der Waals surface area contributed by atoms with Crippen LogP contribution < -0.4 is 14.8 Å². The zero-order chi connectivity index (χ0) is 20.1. The molecule has 0 aliphatic rings. The highest BCUT2D eigenvalue weighted by Crippen LogP contribution is 2.30. The first kappa shape index (κ1) is 19.4. The van der Waals surface area contributed by atoms with Gasteiger partial charge in [-0.05, 0) is 45.0 Å². The van der Waals surface area contributed by atoms with Crippen LogP contribution in [-0.4, -0.2) is 28.9 Å². The smallest absolute Gasteiger partial charge is 0.259 e. The van der Waals surface area contributed by atoms with Crippen molar-refractivity contribution >= 4 is 11.6 Å². The summed E-state index contributed by atoms with van der Waals surface area (Å²) in [7, 11) is 0. The Morgan fingerprint density at radius 1 is 1.14 bits per heavy atom. The van der Waals surface area contributed by atoms with Crippen molar-refractivity contribution in [2.24, 2.45) is 0 Å². The lowest BCUT2D eigenvalue weighted by atomic mass is 10.2. The molecule has 3 aromatic rings. The number of halogens is 1. The van der Waals surface area contributed by atoms with Gasteiger partial charge in [-0.15, -0.1) is 0 Å². The van der Waals surface area contributed by atoms with Crippen molar-refractivity contribution in [2.45, 2.75) is 20.8 Å². The van der Waals surface area contributed by atoms with Crippen LogP contribution >= 0.6 is 0 Å². The van der Waals surface area contributed by atoms with E-state index in [0.29, 0.717) is 41.7 Å². The molecule has 0 fully saturated rings. The number of nitrogens with one attached hydrogen (secondary N) is 1. The molecule has 0 saturated heterocycles. The van der Waals surface area contributed by atoms with Crippen LogP contribution in [0.1, 0.15) is 29.9 Å². The van der Waals surface area contributed by atoms with Crippen molar-refractivity contribution in [3.8, 4) is 17.2 Å². The number of benzene rings is 2. The normalized spacial score (nSPS) is 10.6. The Balaban J connectivity index is 1.90. The van der Waals surface area contributed by atoms with Crippen LogP contribution in [0.2, 0.25) is 0 Å². The van der Waals surface area contributed by atoms with E-state index in [2.05, 4.69) is 10.4 Å². The zero-order valence-corrected chi connectivity index (χ0v) is 16.0. The summed E-state index contributed by atoms with van der Waals surface area (Å²) >= 11 is 0. The molecule has 0 aliphatic heterocycles. The van der Waals surface area contributed by atoms with E-state index in [4.69, 9.17) is 9.47 Å². The molecule has 0 aliphatic carbocycles. The SMILES string of the molecule is CCOc1ccc(OCC)c(NC(=O)c2cnn(-c3ccccc3F)c2C)c1. The minimum absolute atomic E-state index is 0.285. The van der Waals surface area contributed by atoms with E-state index in [9.17, 15) is 9.18 Å². The number of hydrogen-bond donors (Lipinski definition) is 1. The number of amides is 1. The maximum atomic E-state index is 14.1. The molecule has 0 spiro atoms. The number of carbonyl (C=O) groups excluding carboxylic acids is 1. The fraction of sp³-hybridized carbons (Fsp3) is 0.238. The first-order valence-electron chi connectivity index (χ1n) is 9.05. The van der Waals surface area contributed by atoms with E-state index in [0.717, 1.165) is 0 Å². The third-order valence-corrected chi connectivity index (χ3v) is 4.15. The number of carbonyl (C=O) groups is 1. The Morgan fingerprint density at radius 2 is 1.89 bits per heavy atom. The van der Waals surface area contributed by atoms with Gasteiger partial charge in [0.15, 0.2) is 0 Å². The maximum Gasteiger partial charge on any atom is 0.259 e. The van der Waals surface area contributed by atoms with Gasteiger partial charge in [0.2, 0.25) is 0 Å². The minimum Gasteiger partial charge on any atom is -0.494 e. The molecule has 0 unspecified atom stereocenters. The molecule has 7 heteroatoms. The van der Waals surface area contributed by atoms with E-state index < -0.39 is 5.82 Å². The van der Waals surface area contributed by atoms with E-state index in [-0.39, 0.29) is 11.6 Å². The number of para-hydroxylation sites is 1. The third-order valence-electron chi connectivity index (χ3n) is 4.15. The number of anilines is 1. The molecule has 1 amide bonds. The average Bonchev–Trinajstić information content (AvgIpc) is 3.06. The van der Waals surface area contributed by atoms with Gasteiger partial charge in [-0.1, -0.05) is 12.1 Å². The van der Waals surface area contributed by atoms with E-state index in [1.807, 2.05) is 13.8 Å². The predicted octanol–water partition coefficient (Wildman–Crippen LogP) is 4.37. The number of ether oxygens (including phenoxy) is 2. The van der Waals surface area contributed by atoms with E-state index in [1.165, 1.54) is 16.9 Å². The van der Waals surface area contributed by atoms with Crippen LogP contribution in [0.5, 0.6) is 11.5 Å². The van der Waals surface area contributed by atoms with Gasteiger partial charge in [0, 0.05) is 6.07 Å². The second-order valence-electron chi connectivity index (χ2n) is 5.98. The van der Waals surface area contributed by atoms with Crippen LogP contribution in [0.4, 0.5) is 10.1 Å². The minimum atomic E-state index is -0.413. The molecule has 2 aromatic carbocycles. The molecule has 0 atom stereocenters. The van der Waals surface area contributed by atoms with Gasteiger partial charge in [0.05, 0.1) is 36.4 Å². The first-order valence-corrected chi connectivity index (χ1v) is 9.05. The van der Waals surface area contributed by atoms with Gasteiger partial charge in [0.25, 0.3) is 5.91 Å². The average molecular weight is 383 g/mol.